The van der Waals surface area contributed by atoms with Gasteiger partial charge in [-0.1, -0.05) is 23.7 Å². The molecular weight excluding hydrogens is 497 g/mol. The molecule has 1 N–H and O–H groups in total. The number of benzene rings is 1. The molecular formula is C26H29ClFN7O2. The summed E-state index contributed by atoms with van der Waals surface area (Å²) in [5.74, 6) is -0.0640. The number of aromatic nitrogens is 4. The number of nitrogens with one attached hydrogen (secondary N) is 1. The van der Waals surface area contributed by atoms with Crippen molar-refractivity contribution < 1.29 is 14.0 Å². The van der Waals surface area contributed by atoms with Crippen molar-refractivity contribution in [2.24, 2.45) is 0 Å². The Balaban J connectivity index is 1.39. The first-order valence-electron chi connectivity index (χ1n) is 12.6. The maximum Gasteiger partial charge on any atom is 0.259 e. The molecule has 3 aromatic rings. The number of anilines is 1. The highest BCUT2D eigenvalue weighted by molar-refractivity contribution is 6.35. The molecule has 4 heterocycles. The van der Waals surface area contributed by atoms with E-state index in [1.807, 2.05) is 32.6 Å². The number of fused-ring (bicyclic) bond motifs is 1. The number of carbonyl (C=O) groups is 2. The minimum atomic E-state index is -0.781. The summed E-state index contributed by atoms with van der Waals surface area (Å²) in [6.45, 7) is 2.79. The van der Waals surface area contributed by atoms with Gasteiger partial charge in [0.05, 0.1) is 40.1 Å². The zero-order valence-corrected chi connectivity index (χ0v) is 21.1. The van der Waals surface area contributed by atoms with E-state index in [1.165, 1.54) is 12.4 Å². The summed E-state index contributed by atoms with van der Waals surface area (Å²) in [5, 5.41) is 10.9. The summed E-state index contributed by atoms with van der Waals surface area (Å²) >= 11 is 6.61. The summed E-state index contributed by atoms with van der Waals surface area (Å²) in [6.07, 6.45) is 8.61. The molecule has 2 saturated heterocycles. The number of para-hydroxylation sites is 1. The van der Waals surface area contributed by atoms with E-state index in [4.69, 9.17) is 11.6 Å². The first-order chi connectivity index (χ1) is 18.0. The first-order valence-corrected chi connectivity index (χ1v) is 12.9. The average molecular weight is 526 g/mol. The van der Waals surface area contributed by atoms with Gasteiger partial charge < -0.3 is 9.47 Å². The van der Waals surface area contributed by atoms with Crippen LogP contribution >= 0.6 is 11.6 Å². The van der Waals surface area contributed by atoms with Gasteiger partial charge in [0.1, 0.15) is 6.17 Å². The van der Waals surface area contributed by atoms with E-state index in [2.05, 4.69) is 20.5 Å². The topological polar surface area (TPSA) is 96.2 Å². The fourth-order valence-electron chi connectivity index (χ4n) is 5.04. The van der Waals surface area contributed by atoms with Crippen molar-refractivity contribution in [2.45, 2.75) is 37.9 Å². The molecule has 0 radical (unpaired) electrons. The number of halogens is 2. The highest BCUT2D eigenvalue weighted by atomic mass is 35.5. The van der Waals surface area contributed by atoms with Crippen LogP contribution in [0.4, 0.5) is 10.3 Å². The van der Waals surface area contributed by atoms with E-state index in [1.54, 1.807) is 18.2 Å². The summed E-state index contributed by atoms with van der Waals surface area (Å²) in [7, 11) is 0. The molecule has 2 fully saturated rings. The fraction of sp³-hybridized carbons (Fsp3) is 0.423. The number of nitrogens with zero attached hydrogens (tertiary/aromatic N) is 6. The third kappa shape index (κ3) is 5.80. The second kappa shape index (κ2) is 11.4. The highest BCUT2D eigenvalue weighted by Gasteiger charge is 2.28. The molecule has 2 atom stereocenters. The molecule has 0 aliphatic carbocycles. The molecule has 37 heavy (non-hydrogen) atoms. The largest absolute Gasteiger partial charge is 0.337 e. The van der Waals surface area contributed by atoms with Crippen molar-refractivity contribution >= 4 is 40.4 Å². The molecule has 0 bridgehead atoms. The van der Waals surface area contributed by atoms with Crippen LogP contribution in [0.3, 0.4) is 0 Å². The Morgan fingerprint density at radius 2 is 2.03 bits per heavy atom. The van der Waals surface area contributed by atoms with Crippen molar-refractivity contribution in [3.63, 3.8) is 0 Å². The number of carbonyl (C=O) groups excluding carboxylic acids is 2. The summed E-state index contributed by atoms with van der Waals surface area (Å²) in [6, 6.07) is 6.91. The number of rotatable bonds is 6. The second-order valence-corrected chi connectivity index (χ2v) is 9.89. The van der Waals surface area contributed by atoms with Crippen LogP contribution in [0.1, 0.15) is 42.1 Å². The molecule has 11 heteroatoms. The predicted octanol–water partition coefficient (Wildman–Crippen LogP) is 3.89. The third-order valence-corrected chi connectivity index (χ3v) is 7.20. The lowest BCUT2D eigenvalue weighted by atomic mass is 10.1. The minimum Gasteiger partial charge on any atom is -0.337 e. The molecule has 5 rings (SSSR count). The highest BCUT2D eigenvalue weighted by Crippen LogP contribution is 2.34. The standard InChI is InChI=1S/C26H29ClFN7O2/c27-21-6-3-7-22-24(21)35(26(31-22)32-25(37)18-9-11-29-30-15-18)20-5-1-2-13-34(17-20)23(36)8-4-12-33-14-10-19(28)16-33/h3-4,6-9,11,15,19-20H,1-2,5,10,12-14,16-17H2,(H,31,32,37)/t19-,20-/m1/s1. The molecule has 9 nitrogen and oxygen atoms in total. The van der Waals surface area contributed by atoms with E-state index in [-0.39, 0.29) is 17.9 Å². The van der Waals surface area contributed by atoms with Gasteiger partial charge in [0.2, 0.25) is 11.9 Å². The molecule has 2 amide bonds. The van der Waals surface area contributed by atoms with E-state index < -0.39 is 6.17 Å². The van der Waals surface area contributed by atoms with E-state index in [0.717, 1.165) is 24.8 Å². The maximum atomic E-state index is 13.4. The second-order valence-electron chi connectivity index (χ2n) is 9.48. The molecule has 1 aromatic carbocycles. The smallest absolute Gasteiger partial charge is 0.259 e. The maximum absolute atomic E-state index is 13.4. The van der Waals surface area contributed by atoms with Crippen LogP contribution in [0.5, 0.6) is 0 Å². The first kappa shape index (κ1) is 25.3. The van der Waals surface area contributed by atoms with Crippen molar-refractivity contribution in [1.29, 1.82) is 0 Å². The van der Waals surface area contributed by atoms with Gasteiger partial charge in [-0.15, -0.1) is 0 Å². The van der Waals surface area contributed by atoms with Gasteiger partial charge in [0.25, 0.3) is 5.91 Å². The normalized spacial score (nSPS) is 21.0. The summed E-state index contributed by atoms with van der Waals surface area (Å²) in [5.41, 5.74) is 1.74. The molecule has 2 aliphatic rings. The van der Waals surface area contributed by atoms with Gasteiger partial charge in [-0.05, 0) is 43.9 Å². The Bertz CT molecular complexity index is 1300. The van der Waals surface area contributed by atoms with Gasteiger partial charge in [0.15, 0.2) is 0 Å². The Kier molecular flexibility index (Phi) is 7.76. The molecule has 0 saturated carbocycles. The quantitative estimate of drug-likeness (QED) is 0.491. The molecule has 194 valence electrons. The minimum absolute atomic E-state index is 0.0770. The van der Waals surface area contributed by atoms with Crippen molar-refractivity contribution in [3.8, 4) is 0 Å². The lowest BCUT2D eigenvalue weighted by Gasteiger charge is -2.26. The molecule has 0 spiro atoms. The number of imidazole rings is 1. The van der Waals surface area contributed by atoms with Gasteiger partial charge in [-0.3, -0.25) is 19.8 Å². The lowest BCUT2D eigenvalue weighted by molar-refractivity contribution is -0.126. The van der Waals surface area contributed by atoms with Crippen LogP contribution in [0.2, 0.25) is 5.02 Å². The zero-order valence-electron chi connectivity index (χ0n) is 20.4. The lowest BCUT2D eigenvalue weighted by Crippen LogP contribution is -2.35. The van der Waals surface area contributed by atoms with E-state index in [0.29, 0.717) is 61.2 Å². The number of likely N-dealkylation sites (tertiary alicyclic amines) is 2. The fourth-order valence-corrected chi connectivity index (χ4v) is 5.30. The van der Waals surface area contributed by atoms with Crippen molar-refractivity contribution in [3.05, 3.63) is 59.4 Å². The van der Waals surface area contributed by atoms with Crippen LogP contribution in [0, 0.1) is 0 Å². The zero-order chi connectivity index (χ0) is 25.8. The van der Waals surface area contributed by atoms with Crippen molar-refractivity contribution in [1.82, 2.24) is 29.5 Å². The molecule has 0 unspecified atom stereocenters. The Hall–Kier alpha value is -3.37. The number of hydrogen-bond acceptors (Lipinski definition) is 6. The Morgan fingerprint density at radius 1 is 1.14 bits per heavy atom. The predicted molar refractivity (Wildman–Crippen MR) is 139 cm³/mol. The monoisotopic (exact) mass is 525 g/mol. The third-order valence-electron chi connectivity index (χ3n) is 6.89. The van der Waals surface area contributed by atoms with Crippen LogP contribution in [-0.2, 0) is 4.79 Å². The van der Waals surface area contributed by atoms with E-state index in [9.17, 15) is 14.0 Å². The molecule has 2 aromatic heterocycles. The SMILES string of the molecule is O=C(Nc1nc2cccc(Cl)c2n1[C@@H]1CCCCN(C(=O)C=CCN2CC[C@@H](F)C2)C1)c1ccnnc1. The van der Waals surface area contributed by atoms with Gasteiger partial charge in [0, 0.05) is 38.8 Å². The van der Waals surface area contributed by atoms with Crippen LogP contribution in [-0.4, -0.2) is 80.3 Å². The van der Waals surface area contributed by atoms with Crippen LogP contribution < -0.4 is 5.32 Å². The summed E-state index contributed by atoms with van der Waals surface area (Å²) in [4.78, 5) is 34.5. The number of hydrogen-bond donors (Lipinski definition) is 1. The summed E-state index contributed by atoms with van der Waals surface area (Å²) < 4.78 is 15.4. The van der Waals surface area contributed by atoms with Gasteiger partial charge in [-0.25, -0.2) is 9.37 Å². The number of amides is 2. The van der Waals surface area contributed by atoms with Gasteiger partial charge >= 0.3 is 0 Å². The molecule has 2 aliphatic heterocycles. The van der Waals surface area contributed by atoms with E-state index >= 15 is 0 Å². The Labute approximate surface area is 219 Å². The average Bonchev–Trinajstić information content (AvgIpc) is 3.39. The number of alkyl halides is 1. The van der Waals surface area contributed by atoms with Crippen LogP contribution in [0.25, 0.3) is 11.0 Å². The van der Waals surface area contributed by atoms with Crippen LogP contribution in [0.15, 0.2) is 48.8 Å². The van der Waals surface area contributed by atoms with Crippen molar-refractivity contribution in [2.75, 3.05) is 38.0 Å². The van der Waals surface area contributed by atoms with Gasteiger partial charge in [-0.2, -0.15) is 10.2 Å². The Morgan fingerprint density at radius 3 is 2.81 bits per heavy atom.